The molecular formula is C22H29N3O2S. The number of aryl methyl sites for hydroxylation is 1. The molecule has 5 nitrogen and oxygen atoms in total. The van der Waals surface area contributed by atoms with Crippen LogP contribution < -0.4 is 0 Å². The van der Waals surface area contributed by atoms with Crippen LogP contribution in [0.25, 0.3) is 0 Å². The van der Waals surface area contributed by atoms with Gasteiger partial charge in [-0.2, -0.15) is 11.3 Å². The molecule has 2 fully saturated rings. The van der Waals surface area contributed by atoms with Crippen molar-refractivity contribution in [2.75, 3.05) is 52.4 Å². The third kappa shape index (κ3) is 5.00. The molecule has 0 aliphatic carbocycles. The van der Waals surface area contributed by atoms with E-state index < -0.39 is 0 Å². The fraction of sp³-hybridized carbons (Fsp3) is 0.500. The molecule has 1 atom stereocenters. The average Bonchev–Trinajstić information content (AvgIpc) is 3.22. The first kappa shape index (κ1) is 19.6. The number of piperazine rings is 1. The van der Waals surface area contributed by atoms with Crippen molar-refractivity contribution in [3.63, 3.8) is 0 Å². The number of rotatable bonds is 5. The first-order valence-electron chi connectivity index (χ1n) is 10.1. The van der Waals surface area contributed by atoms with Gasteiger partial charge in [0.15, 0.2) is 0 Å². The summed E-state index contributed by atoms with van der Waals surface area (Å²) < 4.78 is 6.02. The predicted molar refractivity (Wildman–Crippen MR) is 113 cm³/mol. The summed E-state index contributed by atoms with van der Waals surface area (Å²) in [5.74, 6) is 0.149. The quantitative estimate of drug-likeness (QED) is 0.775. The first-order valence-corrected chi connectivity index (χ1v) is 11.0. The molecule has 3 heterocycles. The van der Waals surface area contributed by atoms with E-state index in [1.165, 1.54) is 11.1 Å². The lowest BCUT2D eigenvalue weighted by Gasteiger charge is -2.39. The number of carbonyl (C=O) groups excluding carboxylic acids is 1. The van der Waals surface area contributed by atoms with Gasteiger partial charge in [0.25, 0.3) is 5.91 Å². The van der Waals surface area contributed by atoms with Gasteiger partial charge in [-0.15, -0.1) is 0 Å². The van der Waals surface area contributed by atoms with E-state index in [0.29, 0.717) is 0 Å². The molecule has 0 saturated carbocycles. The zero-order valence-electron chi connectivity index (χ0n) is 16.5. The fourth-order valence-electron chi connectivity index (χ4n) is 3.98. The van der Waals surface area contributed by atoms with E-state index in [-0.39, 0.29) is 12.0 Å². The van der Waals surface area contributed by atoms with Crippen LogP contribution in [0.1, 0.15) is 21.5 Å². The van der Waals surface area contributed by atoms with Crippen molar-refractivity contribution in [2.24, 2.45) is 0 Å². The predicted octanol–water partition coefficient (Wildman–Crippen LogP) is 2.72. The van der Waals surface area contributed by atoms with Gasteiger partial charge in [-0.05, 0) is 41.4 Å². The van der Waals surface area contributed by atoms with Crippen molar-refractivity contribution in [3.05, 3.63) is 57.8 Å². The molecule has 2 aromatic rings. The monoisotopic (exact) mass is 399 g/mol. The fourth-order valence-corrected chi connectivity index (χ4v) is 4.64. The number of amides is 1. The van der Waals surface area contributed by atoms with Gasteiger partial charge < -0.3 is 9.64 Å². The molecule has 0 N–H and O–H groups in total. The van der Waals surface area contributed by atoms with Crippen LogP contribution >= 0.6 is 11.3 Å². The molecule has 0 radical (unpaired) electrons. The zero-order chi connectivity index (χ0) is 19.3. The maximum absolute atomic E-state index is 12.7. The molecule has 2 aliphatic heterocycles. The Morgan fingerprint density at radius 2 is 1.86 bits per heavy atom. The molecule has 2 aliphatic rings. The summed E-state index contributed by atoms with van der Waals surface area (Å²) in [7, 11) is 0. The van der Waals surface area contributed by atoms with Gasteiger partial charge in [-0.3, -0.25) is 14.6 Å². The van der Waals surface area contributed by atoms with Gasteiger partial charge >= 0.3 is 0 Å². The maximum atomic E-state index is 12.7. The molecule has 2 saturated heterocycles. The largest absolute Gasteiger partial charge is 0.374 e. The van der Waals surface area contributed by atoms with Crippen LogP contribution in [0.5, 0.6) is 0 Å². The third-order valence-electron chi connectivity index (χ3n) is 5.63. The highest BCUT2D eigenvalue weighted by Gasteiger charge is 2.26. The molecule has 6 heteroatoms. The van der Waals surface area contributed by atoms with Crippen LogP contribution in [0.15, 0.2) is 41.1 Å². The lowest BCUT2D eigenvalue weighted by molar-refractivity contribution is -0.0496. The smallest absolute Gasteiger partial charge is 0.253 e. The van der Waals surface area contributed by atoms with Crippen molar-refractivity contribution in [1.29, 1.82) is 0 Å². The van der Waals surface area contributed by atoms with Gasteiger partial charge in [-0.1, -0.05) is 17.7 Å². The lowest BCUT2D eigenvalue weighted by Crippen LogP contribution is -2.53. The molecule has 1 aromatic carbocycles. The van der Waals surface area contributed by atoms with E-state index in [1.807, 2.05) is 36.1 Å². The minimum atomic E-state index is 0.149. The summed E-state index contributed by atoms with van der Waals surface area (Å²) in [4.78, 5) is 19.6. The van der Waals surface area contributed by atoms with Crippen molar-refractivity contribution in [3.8, 4) is 0 Å². The standard InChI is InChI=1S/C22H29N3O2S/c1-18-2-4-20(5-3-18)22(26)25-9-7-23(8-10-25)15-21-16-24(11-12-27-21)14-19-6-13-28-17-19/h2-6,13,17,21H,7-12,14-16H2,1H3. The van der Waals surface area contributed by atoms with Gasteiger partial charge in [0.1, 0.15) is 0 Å². The molecule has 150 valence electrons. The number of benzene rings is 1. The highest BCUT2D eigenvalue weighted by Crippen LogP contribution is 2.15. The summed E-state index contributed by atoms with van der Waals surface area (Å²) in [5.41, 5.74) is 3.37. The molecule has 1 unspecified atom stereocenters. The maximum Gasteiger partial charge on any atom is 0.253 e. The number of thiophene rings is 1. The minimum absolute atomic E-state index is 0.149. The molecule has 4 rings (SSSR count). The Kier molecular flexibility index (Phi) is 6.42. The van der Waals surface area contributed by atoms with Crippen molar-refractivity contribution < 1.29 is 9.53 Å². The Balaban J connectivity index is 1.23. The van der Waals surface area contributed by atoms with E-state index in [9.17, 15) is 4.79 Å². The number of nitrogens with zero attached hydrogens (tertiary/aromatic N) is 3. The normalized spacial score (nSPS) is 21.8. The summed E-state index contributed by atoms with van der Waals surface area (Å²) in [5, 5.41) is 4.37. The Morgan fingerprint density at radius 1 is 1.07 bits per heavy atom. The lowest BCUT2D eigenvalue weighted by atomic mass is 10.1. The van der Waals surface area contributed by atoms with Crippen LogP contribution in [0.4, 0.5) is 0 Å². The first-order chi connectivity index (χ1) is 13.7. The topological polar surface area (TPSA) is 36.0 Å². The van der Waals surface area contributed by atoms with Crippen LogP contribution in [0.2, 0.25) is 0 Å². The highest BCUT2D eigenvalue weighted by atomic mass is 32.1. The number of ether oxygens (including phenoxy) is 1. The summed E-state index contributed by atoms with van der Waals surface area (Å²) >= 11 is 1.76. The molecule has 1 amide bonds. The highest BCUT2D eigenvalue weighted by molar-refractivity contribution is 7.07. The summed E-state index contributed by atoms with van der Waals surface area (Å²) in [6.45, 7) is 10.2. The van der Waals surface area contributed by atoms with Gasteiger partial charge in [0.05, 0.1) is 12.7 Å². The molecule has 0 bridgehead atoms. The number of carbonyl (C=O) groups is 1. The van der Waals surface area contributed by atoms with Crippen LogP contribution in [-0.4, -0.2) is 79.1 Å². The van der Waals surface area contributed by atoms with Crippen molar-refractivity contribution in [1.82, 2.24) is 14.7 Å². The van der Waals surface area contributed by atoms with E-state index in [2.05, 4.69) is 26.6 Å². The van der Waals surface area contributed by atoms with Crippen LogP contribution in [0, 0.1) is 6.92 Å². The number of hydrogen-bond acceptors (Lipinski definition) is 5. The van der Waals surface area contributed by atoms with Crippen molar-refractivity contribution in [2.45, 2.75) is 19.6 Å². The molecule has 28 heavy (non-hydrogen) atoms. The van der Waals surface area contributed by atoms with Crippen LogP contribution in [0.3, 0.4) is 0 Å². The Bertz CT molecular complexity index is 755. The minimum Gasteiger partial charge on any atom is -0.374 e. The van der Waals surface area contributed by atoms with E-state index >= 15 is 0 Å². The molecule has 1 aromatic heterocycles. The van der Waals surface area contributed by atoms with E-state index in [0.717, 1.165) is 64.5 Å². The van der Waals surface area contributed by atoms with Crippen LogP contribution in [-0.2, 0) is 11.3 Å². The zero-order valence-corrected chi connectivity index (χ0v) is 17.4. The molecular weight excluding hydrogens is 370 g/mol. The van der Waals surface area contributed by atoms with Crippen molar-refractivity contribution >= 4 is 17.2 Å². The Morgan fingerprint density at radius 3 is 2.57 bits per heavy atom. The third-order valence-corrected chi connectivity index (χ3v) is 6.36. The second-order valence-electron chi connectivity index (χ2n) is 7.82. The Hall–Kier alpha value is -1.73. The second kappa shape index (κ2) is 9.18. The van der Waals surface area contributed by atoms with Gasteiger partial charge in [0, 0.05) is 57.9 Å². The number of hydrogen-bond donors (Lipinski definition) is 0. The Labute approximate surface area is 171 Å². The SMILES string of the molecule is Cc1ccc(C(=O)N2CCN(CC3CN(Cc4ccsc4)CCO3)CC2)cc1. The van der Waals surface area contributed by atoms with E-state index in [1.54, 1.807) is 11.3 Å². The average molecular weight is 400 g/mol. The van der Waals surface area contributed by atoms with E-state index in [4.69, 9.17) is 4.74 Å². The number of morpholine rings is 1. The molecule has 0 spiro atoms. The summed E-state index contributed by atoms with van der Waals surface area (Å²) in [6.07, 6.45) is 0.256. The van der Waals surface area contributed by atoms with Gasteiger partial charge in [0.2, 0.25) is 0 Å². The second-order valence-corrected chi connectivity index (χ2v) is 8.60. The van der Waals surface area contributed by atoms with Gasteiger partial charge in [-0.25, -0.2) is 0 Å². The summed E-state index contributed by atoms with van der Waals surface area (Å²) in [6, 6.07) is 10.1.